The van der Waals surface area contributed by atoms with Gasteiger partial charge in [-0.3, -0.25) is 4.98 Å². The monoisotopic (exact) mass is 295 g/mol. The Kier molecular flexibility index (Phi) is 7.62. The lowest BCUT2D eigenvalue weighted by Crippen LogP contribution is -2.03. The van der Waals surface area contributed by atoms with Gasteiger partial charge < -0.3 is 11.1 Å². The molecule has 0 saturated carbocycles. The van der Waals surface area contributed by atoms with Crippen molar-refractivity contribution in [3.63, 3.8) is 0 Å². The molecule has 3 nitrogen and oxygen atoms in total. The zero-order valence-electron chi connectivity index (χ0n) is 13.6. The van der Waals surface area contributed by atoms with Gasteiger partial charge in [0.1, 0.15) is 0 Å². The number of hydrogen-bond acceptors (Lipinski definition) is 3. The number of benzene rings is 1. The number of nitrogens with zero attached hydrogens (tertiary/aromatic N) is 1. The van der Waals surface area contributed by atoms with Gasteiger partial charge in [-0.05, 0) is 41.3 Å². The second-order valence-electron chi connectivity index (χ2n) is 4.66. The Morgan fingerprint density at radius 2 is 1.82 bits per heavy atom. The van der Waals surface area contributed by atoms with Crippen molar-refractivity contribution in [1.82, 2.24) is 4.98 Å². The second-order valence-corrected chi connectivity index (χ2v) is 4.66. The summed E-state index contributed by atoms with van der Waals surface area (Å²) in [6.45, 7) is 6.16. The molecule has 1 heterocycles. The molecule has 0 spiro atoms. The number of aromatic nitrogens is 1. The molecule has 0 bridgehead atoms. The van der Waals surface area contributed by atoms with Gasteiger partial charge in [0.15, 0.2) is 0 Å². The average molecular weight is 295 g/mol. The average Bonchev–Trinajstić information content (AvgIpc) is 2.59. The highest BCUT2D eigenvalue weighted by Crippen LogP contribution is 2.21. The summed E-state index contributed by atoms with van der Waals surface area (Å²) in [6.07, 6.45) is 6.86. The zero-order valence-corrected chi connectivity index (χ0v) is 13.6. The van der Waals surface area contributed by atoms with Crippen LogP contribution in [-0.4, -0.2) is 11.2 Å². The molecule has 0 aliphatic rings. The smallest absolute Gasteiger partial charge is 0.0482 e. The van der Waals surface area contributed by atoms with Gasteiger partial charge in [-0.25, -0.2) is 0 Å². The summed E-state index contributed by atoms with van der Waals surface area (Å²) in [5.41, 5.74) is 10.8. The molecule has 0 aliphatic heterocycles. The number of hydrogen-bond donors (Lipinski definition) is 2. The third kappa shape index (κ3) is 4.55. The van der Waals surface area contributed by atoms with Gasteiger partial charge in [0.25, 0.3) is 0 Å². The summed E-state index contributed by atoms with van der Waals surface area (Å²) in [4.78, 5) is 3.99. The fourth-order valence-electron chi connectivity index (χ4n) is 2.19. The van der Waals surface area contributed by atoms with Crippen LogP contribution in [0.1, 0.15) is 43.9 Å². The van der Waals surface area contributed by atoms with Crippen LogP contribution in [0.3, 0.4) is 0 Å². The van der Waals surface area contributed by atoms with E-state index < -0.39 is 0 Å². The van der Waals surface area contributed by atoms with Crippen molar-refractivity contribution < 1.29 is 0 Å². The molecule has 0 atom stereocenters. The van der Waals surface area contributed by atoms with Gasteiger partial charge >= 0.3 is 0 Å². The van der Waals surface area contributed by atoms with Crippen molar-refractivity contribution in [2.45, 2.75) is 33.6 Å². The topological polar surface area (TPSA) is 62.8 Å². The summed E-state index contributed by atoms with van der Waals surface area (Å²) < 4.78 is 0. The summed E-state index contributed by atoms with van der Waals surface area (Å²) in [7, 11) is 0. The molecule has 0 radical (unpaired) electrons. The van der Waals surface area contributed by atoms with Gasteiger partial charge in [0, 0.05) is 29.9 Å². The van der Waals surface area contributed by atoms with E-state index in [0.717, 1.165) is 29.5 Å². The summed E-state index contributed by atoms with van der Waals surface area (Å²) >= 11 is 0. The largest absolute Gasteiger partial charge is 0.398 e. The van der Waals surface area contributed by atoms with E-state index in [1.54, 1.807) is 12.4 Å². The van der Waals surface area contributed by atoms with Crippen molar-refractivity contribution in [3.05, 3.63) is 65.5 Å². The molecule has 22 heavy (non-hydrogen) atoms. The second kappa shape index (κ2) is 9.50. The predicted molar refractivity (Wildman–Crippen MR) is 95.8 cm³/mol. The van der Waals surface area contributed by atoms with Gasteiger partial charge in [-0.1, -0.05) is 45.4 Å². The first-order valence-electron chi connectivity index (χ1n) is 7.76. The molecule has 0 saturated heterocycles. The number of rotatable bonds is 5. The lowest BCUT2D eigenvalue weighted by Gasteiger charge is -2.09. The Morgan fingerprint density at radius 3 is 2.41 bits per heavy atom. The maximum atomic E-state index is 7.63. The van der Waals surface area contributed by atoms with Crippen LogP contribution in [0.4, 0.5) is 0 Å². The lowest BCUT2D eigenvalue weighted by molar-refractivity contribution is 0.921. The van der Waals surface area contributed by atoms with Crippen molar-refractivity contribution in [2.75, 3.05) is 0 Å². The zero-order chi connectivity index (χ0) is 16.4. The maximum Gasteiger partial charge on any atom is 0.0482 e. The number of allylic oxidation sites excluding steroid dienone is 1. The molecule has 0 aliphatic carbocycles. The summed E-state index contributed by atoms with van der Waals surface area (Å²) in [5.74, 6) is 0. The van der Waals surface area contributed by atoms with Crippen molar-refractivity contribution in [1.29, 1.82) is 5.41 Å². The van der Waals surface area contributed by atoms with E-state index in [1.165, 1.54) is 11.8 Å². The van der Waals surface area contributed by atoms with Crippen LogP contribution in [0.15, 0.2) is 48.8 Å². The predicted octanol–water partition coefficient (Wildman–Crippen LogP) is 4.54. The van der Waals surface area contributed by atoms with E-state index in [-0.39, 0.29) is 0 Å². The number of nitrogens with two attached hydrogens (primary N) is 1. The van der Waals surface area contributed by atoms with Crippen LogP contribution in [-0.2, 0) is 6.42 Å². The Balaban J connectivity index is 0.00000116. The first-order valence-corrected chi connectivity index (χ1v) is 7.76. The van der Waals surface area contributed by atoms with E-state index in [1.807, 2.05) is 38.1 Å². The van der Waals surface area contributed by atoms with Crippen molar-refractivity contribution >= 4 is 17.5 Å². The van der Waals surface area contributed by atoms with Gasteiger partial charge in [0.05, 0.1) is 0 Å². The molecule has 1 aromatic heterocycles. The van der Waals surface area contributed by atoms with E-state index in [4.69, 9.17) is 11.1 Å². The minimum absolute atomic E-state index is 0.629. The quantitative estimate of drug-likeness (QED) is 0.796. The normalized spacial score (nSPS) is 11.0. The molecule has 3 N–H and O–H groups in total. The van der Waals surface area contributed by atoms with Crippen LogP contribution < -0.4 is 5.73 Å². The Morgan fingerprint density at radius 1 is 1.14 bits per heavy atom. The molecule has 2 rings (SSSR count). The molecule has 2 aromatic rings. The van der Waals surface area contributed by atoms with Crippen molar-refractivity contribution in [2.24, 2.45) is 5.73 Å². The van der Waals surface area contributed by atoms with E-state index in [9.17, 15) is 0 Å². The van der Waals surface area contributed by atoms with Gasteiger partial charge in [-0.2, -0.15) is 0 Å². The van der Waals surface area contributed by atoms with Crippen LogP contribution in [0.2, 0.25) is 0 Å². The molecule has 0 fully saturated rings. The van der Waals surface area contributed by atoms with E-state index >= 15 is 0 Å². The molecular formula is C19H25N3. The first kappa shape index (κ1) is 17.6. The van der Waals surface area contributed by atoms with Crippen LogP contribution >= 0.6 is 0 Å². The number of nitrogens with one attached hydrogen (secondary N) is 1. The SMILES string of the molecule is CC.CCCc1cccc(/C(N)=C(/C=N)c2ccncc2)c1. The molecule has 3 heteroatoms. The highest BCUT2D eigenvalue weighted by Gasteiger charge is 2.07. The van der Waals surface area contributed by atoms with Crippen LogP contribution in [0, 0.1) is 5.41 Å². The maximum absolute atomic E-state index is 7.63. The van der Waals surface area contributed by atoms with E-state index in [2.05, 4.69) is 24.0 Å². The number of pyridine rings is 1. The molecular weight excluding hydrogens is 270 g/mol. The fraction of sp³-hybridized carbons (Fsp3) is 0.263. The standard InChI is InChI=1S/C17H19N3.C2H6/c1-2-4-13-5-3-6-15(11-13)17(19)16(12-18)14-7-9-20-10-8-14;1-2/h3,5-12,18H,2,4,19H2,1H3;1-2H3/b17-16+,18-12?;. The van der Waals surface area contributed by atoms with Gasteiger partial charge in [-0.15, -0.1) is 0 Å². The third-order valence-corrected chi connectivity index (χ3v) is 3.20. The van der Waals surface area contributed by atoms with E-state index in [0.29, 0.717) is 5.70 Å². The minimum atomic E-state index is 0.629. The third-order valence-electron chi connectivity index (χ3n) is 3.20. The highest BCUT2D eigenvalue weighted by atomic mass is 14.6. The highest BCUT2D eigenvalue weighted by molar-refractivity contribution is 6.17. The fourth-order valence-corrected chi connectivity index (χ4v) is 2.19. The molecule has 1 aromatic carbocycles. The Labute approximate surface area is 133 Å². The van der Waals surface area contributed by atoms with Gasteiger partial charge in [0.2, 0.25) is 0 Å². The Bertz CT molecular complexity index is 616. The molecule has 0 amide bonds. The van der Waals surface area contributed by atoms with Crippen LogP contribution in [0.25, 0.3) is 11.3 Å². The summed E-state index contributed by atoms with van der Waals surface area (Å²) in [6, 6.07) is 11.9. The molecule has 0 unspecified atom stereocenters. The number of aryl methyl sites for hydroxylation is 1. The Hall–Kier alpha value is -2.42. The van der Waals surface area contributed by atoms with Crippen molar-refractivity contribution in [3.8, 4) is 0 Å². The lowest BCUT2D eigenvalue weighted by atomic mass is 9.99. The summed E-state index contributed by atoms with van der Waals surface area (Å²) in [5, 5.41) is 7.63. The molecule has 116 valence electrons. The minimum Gasteiger partial charge on any atom is -0.398 e. The van der Waals surface area contributed by atoms with Crippen LogP contribution in [0.5, 0.6) is 0 Å². The first-order chi connectivity index (χ1) is 10.8.